The zero-order chi connectivity index (χ0) is 11.8. The lowest BCUT2D eigenvalue weighted by Crippen LogP contribution is -2.20. The topological polar surface area (TPSA) is 42.2 Å². The van der Waals surface area contributed by atoms with E-state index in [1.807, 2.05) is 12.3 Å². The summed E-state index contributed by atoms with van der Waals surface area (Å²) in [4.78, 5) is 6.73. The Kier molecular flexibility index (Phi) is 6.04. The molecule has 0 spiro atoms. The molecular formula is C13H23N3. The first-order chi connectivity index (χ1) is 7.74. The van der Waals surface area contributed by atoms with Crippen LogP contribution in [0.2, 0.25) is 0 Å². The van der Waals surface area contributed by atoms with Crippen molar-refractivity contribution in [3.63, 3.8) is 0 Å². The molecule has 0 atom stereocenters. The Hall–Kier alpha value is -0.930. The summed E-state index contributed by atoms with van der Waals surface area (Å²) in [7, 11) is 2.15. The van der Waals surface area contributed by atoms with Gasteiger partial charge in [-0.05, 0) is 51.5 Å². The Balaban J connectivity index is 2.28. The second kappa shape index (κ2) is 7.36. The average Bonchev–Trinajstić information content (AvgIpc) is 2.28. The molecule has 1 rings (SSSR count). The first-order valence-electron chi connectivity index (χ1n) is 6.03. The second-order valence-electron chi connectivity index (χ2n) is 4.35. The fourth-order valence-electron chi connectivity index (χ4n) is 1.72. The number of unbranched alkanes of at least 4 members (excludes halogenated alkanes) is 2. The van der Waals surface area contributed by atoms with E-state index in [4.69, 9.17) is 5.73 Å². The second-order valence-corrected chi connectivity index (χ2v) is 4.35. The summed E-state index contributed by atoms with van der Waals surface area (Å²) in [5.41, 5.74) is 7.92. The highest BCUT2D eigenvalue weighted by Gasteiger charge is 2.03. The van der Waals surface area contributed by atoms with Gasteiger partial charge in [0.1, 0.15) is 0 Å². The molecule has 0 saturated heterocycles. The van der Waals surface area contributed by atoms with E-state index in [-0.39, 0.29) is 0 Å². The maximum absolute atomic E-state index is 5.47. The first kappa shape index (κ1) is 13.1. The molecule has 0 radical (unpaired) electrons. The molecular weight excluding hydrogens is 198 g/mol. The SMILES string of the molecule is Cc1cccnc1CN(C)CCCCCN. The molecule has 0 saturated carbocycles. The number of rotatable bonds is 7. The van der Waals surface area contributed by atoms with Crippen molar-refractivity contribution in [3.05, 3.63) is 29.6 Å². The summed E-state index contributed by atoms with van der Waals surface area (Å²) in [6.07, 6.45) is 5.45. The van der Waals surface area contributed by atoms with Gasteiger partial charge in [0.05, 0.1) is 5.69 Å². The minimum atomic E-state index is 0.809. The van der Waals surface area contributed by atoms with Gasteiger partial charge >= 0.3 is 0 Å². The third-order valence-corrected chi connectivity index (χ3v) is 2.78. The van der Waals surface area contributed by atoms with E-state index in [1.165, 1.54) is 24.1 Å². The molecule has 2 N–H and O–H groups in total. The van der Waals surface area contributed by atoms with Gasteiger partial charge < -0.3 is 10.6 Å². The van der Waals surface area contributed by atoms with Crippen LogP contribution in [0.3, 0.4) is 0 Å². The largest absolute Gasteiger partial charge is 0.330 e. The fraction of sp³-hybridized carbons (Fsp3) is 0.615. The number of pyridine rings is 1. The summed E-state index contributed by atoms with van der Waals surface area (Å²) < 4.78 is 0. The van der Waals surface area contributed by atoms with E-state index >= 15 is 0 Å². The Morgan fingerprint density at radius 3 is 2.81 bits per heavy atom. The smallest absolute Gasteiger partial charge is 0.0572 e. The van der Waals surface area contributed by atoms with Crippen molar-refractivity contribution in [3.8, 4) is 0 Å². The van der Waals surface area contributed by atoms with Gasteiger partial charge in [-0.2, -0.15) is 0 Å². The Morgan fingerprint density at radius 2 is 2.12 bits per heavy atom. The standard InChI is InChI=1S/C13H23N3/c1-12-7-6-9-15-13(12)11-16(2)10-5-3-4-8-14/h6-7,9H,3-5,8,10-11,14H2,1-2H3. The highest BCUT2D eigenvalue weighted by Crippen LogP contribution is 2.06. The van der Waals surface area contributed by atoms with Crippen LogP contribution in [0.4, 0.5) is 0 Å². The van der Waals surface area contributed by atoms with E-state index in [0.29, 0.717) is 0 Å². The predicted octanol–water partition coefficient (Wildman–Crippen LogP) is 1.95. The summed E-state index contributed by atoms with van der Waals surface area (Å²) in [5, 5.41) is 0. The van der Waals surface area contributed by atoms with Crippen molar-refractivity contribution in [2.75, 3.05) is 20.1 Å². The highest BCUT2D eigenvalue weighted by molar-refractivity contribution is 5.17. The lowest BCUT2D eigenvalue weighted by Gasteiger charge is -2.16. The molecule has 1 aromatic heterocycles. The Morgan fingerprint density at radius 1 is 1.31 bits per heavy atom. The molecule has 90 valence electrons. The van der Waals surface area contributed by atoms with Crippen molar-refractivity contribution in [2.45, 2.75) is 32.7 Å². The maximum Gasteiger partial charge on any atom is 0.0572 e. The third-order valence-electron chi connectivity index (χ3n) is 2.78. The minimum Gasteiger partial charge on any atom is -0.330 e. The molecule has 3 heteroatoms. The molecule has 0 aromatic carbocycles. The van der Waals surface area contributed by atoms with Crippen LogP contribution in [-0.4, -0.2) is 30.0 Å². The minimum absolute atomic E-state index is 0.809. The molecule has 1 heterocycles. The molecule has 0 unspecified atom stereocenters. The first-order valence-corrected chi connectivity index (χ1v) is 6.03. The van der Waals surface area contributed by atoms with Crippen molar-refractivity contribution in [1.82, 2.24) is 9.88 Å². The molecule has 1 aromatic rings. The van der Waals surface area contributed by atoms with Gasteiger partial charge in [-0.3, -0.25) is 4.98 Å². The van der Waals surface area contributed by atoms with Gasteiger partial charge in [0.2, 0.25) is 0 Å². The zero-order valence-electron chi connectivity index (χ0n) is 10.4. The third kappa shape index (κ3) is 4.73. The van der Waals surface area contributed by atoms with Crippen LogP contribution < -0.4 is 5.73 Å². The van der Waals surface area contributed by atoms with Crippen molar-refractivity contribution < 1.29 is 0 Å². The van der Waals surface area contributed by atoms with Crippen LogP contribution in [0, 0.1) is 6.92 Å². The van der Waals surface area contributed by atoms with E-state index in [2.05, 4.69) is 29.9 Å². The van der Waals surface area contributed by atoms with Crippen LogP contribution in [0.1, 0.15) is 30.5 Å². The molecule has 0 amide bonds. The highest BCUT2D eigenvalue weighted by atomic mass is 15.1. The predicted molar refractivity (Wildman–Crippen MR) is 68.2 cm³/mol. The average molecular weight is 221 g/mol. The number of nitrogens with zero attached hydrogens (tertiary/aromatic N) is 2. The number of nitrogens with two attached hydrogens (primary N) is 1. The van der Waals surface area contributed by atoms with Crippen LogP contribution >= 0.6 is 0 Å². The summed E-state index contributed by atoms with van der Waals surface area (Å²) in [6, 6.07) is 4.10. The molecule has 16 heavy (non-hydrogen) atoms. The zero-order valence-corrected chi connectivity index (χ0v) is 10.4. The monoisotopic (exact) mass is 221 g/mol. The Bertz CT molecular complexity index is 299. The quantitative estimate of drug-likeness (QED) is 0.716. The lowest BCUT2D eigenvalue weighted by atomic mass is 10.2. The van der Waals surface area contributed by atoms with E-state index in [0.717, 1.165) is 26.1 Å². The summed E-state index contributed by atoms with van der Waals surface area (Å²) >= 11 is 0. The van der Waals surface area contributed by atoms with Gasteiger partial charge in [0.25, 0.3) is 0 Å². The van der Waals surface area contributed by atoms with E-state index in [9.17, 15) is 0 Å². The Labute approximate surface area is 98.7 Å². The number of hydrogen-bond donors (Lipinski definition) is 1. The molecule has 0 fully saturated rings. The van der Waals surface area contributed by atoms with E-state index in [1.54, 1.807) is 0 Å². The lowest BCUT2D eigenvalue weighted by molar-refractivity contribution is 0.313. The fourth-order valence-corrected chi connectivity index (χ4v) is 1.72. The van der Waals surface area contributed by atoms with Gasteiger partial charge in [0.15, 0.2) is 0 Å². The van der Waals surface area contributed by atoms with Gasteiger partial charge in [0, 0.05) is 12.7 Å². The van der Waals surface area contributed by atoms with Crippen LogP contribution in [0.25, 0.3) is 0 Å². The molecule has 0 aliphatic rings. The maximum atomic E-state index is 5.47. The number of aryl methyl sites for hydroxylation is 1. The van der Waals surface area contributed by atoms with Gasteiger partial charge in [-0.15, -0.1) is 0 Å². The van der Waals surface area contributed by atoms with Crippen molar-refractivity contribution in [1.29, 1.82) is 0 Å². The van der Waals surface area contributed by atoms with Gasteiger partial charge in [-0.25, -0.2) is 0 Å². The van der Waals surface area contributed by atoms with Crippen LogP contribution in [-0.2, 0) is 6.54 Å². The van der Waals surface area contributed by atoms with Crippen molar-refractivity contribution >= 4 is 0 Å². The molecule has 0 aliphatic heterocycles. The molecule has 0 bridgehead atoms. The normalized spacial score (nSPS) is 11.0. The summed E-state index contributed by atoms with van der Waals surface area (Å²) in [6.45, 7) is 4.99. The van der Waals surface area contributed by atoms with E-state index < -0.39 is 0 Å². The van der Waals surface area contributed by atoms with Gasteiger partial charge in [-0.1, -0.05) is 12.5 Å². The molecule has 0 aliphatic carbocycles. The van der Waals surface area contributed by atoms with Crippen molar-refractivity contribution in [2.24, 2.45) is 5.73 Å². The number of hydrogen-bond acceptors (Lipinski definition) is 3. The summed E-state index contributed by atoms with van der Waals surface area (Å²) in [5.74, 6) is 0. The molecule has 3 nitrogen and oxygen atoms in total. The van der Waals surface area contributed by atoms with Crippen LogP contribution in [0.15, 0.2) is 18.3 Å². The van der Waals surface area contributed by atoms with Crippen LogP contribution in [0.5, 0.6) is 0 Å². The number of aromatic nitrogens is 1.